The lowest BCUT2D eigenvalue weighted by Crippen LogP contribution is -2.21. The highest BCUT2D eigenvalue weighted by Crippen LogP contribution is 2.30. The fourth-order valence-corrected chi connectivity index (χ4v) is 1.61. The van der Waals surface area contributed by atoms with Crippen molar-refractivity contribution in [2.45, 2.75) is 12.8 Å². The van der Waals surface area contributed by atoms with E-state index in [1.807, 2.05) is 6.07 Å². The van der Waals surface area contributed by atoms with Crippen molar-refractivity contribution in [1.29, 1.82) is 0 Å². The van der Waals surface area contributed by atoms with Crippen LogP contribution in [-0.2, 0) is 0 Å². The van der Waals surface area contributed by atoms with E-state index in [0.717, 1.165) is 22.9 Å². The number of nitrogens with zero attached hydrogens (tertiary/aromatic N) is 3. The van der Waals surface area contributed by atoms with Gasteiger partial charge < -0.3 is 4.90 Å². The molecule has 0 amide bonds. The average Bonchev–Trinajstić information content (AvgIpc) is 2.88. The minimum absolute atomic E-state index is 0.847. The monoisotopic (exact) mass is 241 g/mol. The molecule has 0 atom stereocenters. The first-order valence-electron chi connectivity index (χ1n) is 4.44. The normalized spacial score (nSPS) is 15.8. The first kappa shape index (κ1) is 8.94. The predicted molar refractivity (Wildman–Crippen MR) is 55.7 cm³/mol. The molecule has 1 fully saturated rings. The molecule has 0 radical (unpaired) electrons. The van der Waals surface area contributed by atoms with E-state index < -0.39 is 0 Å². The Labute approximate surface area is 86.3 Å². The van der Waals surface area contributed by atoms with Crippen LogP contribution in [0.5, 0.6) is 0 Å². The van der Waals surface area contributed by atoms with Crippen LogP contribution in [0.1, 0.15) is 12.8 Å². The van der Waals surface area contributed by atoms with Crippen LogP contribution in [0.4, 0.5) is 5.82 Å². The summed E-state index contributed by atoms with van der Waals surface area (Å²) in [6.45, 7) is 1.11. The van der Waals surface area contributed by atoms with E-state index in [9.17, 15) is 0 Å². The predicted octanol–water partition coefficient (Wildman–Crippen LogP) is 2.09. The van der Waals surface area contributed by atoms with Gasteiger partial charge in [-0.05, 0) is 34.7 Å². The summed E-state index contributed by atoms with van der Waals surface area (Å²) in [6, 6.07) is 1.95. The van der Waals surface area contributed by atoms with Crippen LogP contribution in [0.2, 0.25) is 0 Å². The summed E-state index contributed by atoms with van der Waals surface area (Å²) in [5, 5.41) is 0. The molecule has 1 aliphatic rings. The van der Waals surface area contributed by atoms with Gasteiger partial charge in [0.25, 0.3) is 0 Å². The molecule has 0 aliphatic heterocycles. The molecular weight excluding hydrogens is 230 g/mol. The van der Waals surface area contributed by atoms with E-state index in [0.29, 0.717) is 0 Å². The van der Waals surface area contributed by atoms with Gasteiger partial charge in [-0.3, -0.25) is 0 Å². The Morgan fingerprint density at radius 2 is 2.31 bits per heavy atom. The highest BCUT2D eigenvalue weighted by molar-refractivity contribution is 9.10. The number of halogens is 1. The zero-order valence-corrected chi connectivity index (χ0v) is 9.16. The molecule has 0 saturated heterocycles. The number of rotatable bonds is 3. The summed E-state index contributed by atoms with van der Waals surface area (Å²) in [7, 11) is 2.08. The largest absolute Gasteiger partial charge is 0.359 e. The maximum atomic E-state index is 4.21. The number of hydrogen-bond acceptors (Lipinski definition) is 3. The molecule has 1 aromatic heterocycles. The van der Waals surface area contributed by atoms with Gasteiger partial charge in [0.1, 0.15) is 16.7 Å². The first-order chi connectivity index (χ1) is 6.25. The van der Waals surface area contributed by atoms with E-state index in [1.54, 1.807) is 6.33 Å². The SMILES string of the molecule is CN(CC1CC1)c1cc(Br)ncn1. The third kappa shape index (κ3) is 2.40. The zero-order valence-electron chi connectivity index (χ0n) is 7.57. The van der Waals surface area contributed by atoms with Crippen LogP contribution in [0.15, 0.2) is 17.0 Å². The van der Waals surface area contributed by atoms with Crippen LogP contribution in [-0.4, -0.2) is 23.6 Å². The van der Waals surface area contributed by atoms with Crippen LogP contribution < -0.4 is 4.90 Å². The third-order valence-electron chi connectivity index (χ3n) is 2.24. The number of anilines is 1. The van der Waals surface area contributed by atoms with E-state index >= 15 is 0 Å². The molecule has 2 rings (SSSR count). The first-order valence-corrected chi connectivity index (χ1v) is 5.23. The Hall–Kier alpha value is -0.640. The maximum Gasteiger partial charge on any atom is 0.132 e. The van der Waals surface area contributed by atoms with Crippen LogP contribution in [0.3, 0.4) is 0 Å². The highest BCUT2D eigenvalue weighted by Gasteiger charge is 2.23. The molecule has 4 heteroatoms. The molecule has 1 saturated carbocycles. The Morgan fingerprint density at radius 3 is 2.92 bits per heavy atom. The lowest BCUT2D eigenvalue weighted by atomic mass is 10.4. The minimum Gasteiger partial charge on any atom is -0.359 e. The summed E-state index contributed by atoms with van der Waals surface area (Å²) >= 11 is 3.33. The Morgan fingerprint density at radius 1 is 1.54 bits per heavy atom. The molecule has 0 bridgehead atoms. The molecule has 70 valence electrons. The van der Waals surface area contributed by atoms with Crippen molar-refractivity contribution in [3.8, 4) is 0 Å². The summed E-state index contributed by atoms with van der Waals surface area (Å²) in [5.74, 6) is 1.88. The molecule has 1 aliphatic carbocycles. The van der Waals surface area contributed by atoms with Crippen LogP contribution in [0, 0.1) is 5.92 Å². The van der Waals surface area contributed by atoms with E-state index in [-0.39, 0.29) is 0 Å². The van der Waals surface area contributed by atoms with Crippen LogP contribution in [0.25, 0.3) is 0 Å². The number of aromatic nitrogens is 2. The van der Waals surface area contributed by atoms with Crippen molar-refractivity contribution in [3.63, 3.8) is 0 Å². The Balaban J connectivity index is 2.04. The van der Waals surface area contributed by atoms with E-state index in [1.165, 1.54) is 12.8 Å². The third-order valence-corrected chi connectivity index (χ3v) is 2.67. The smallest absolute Gasteiger partial charge is 0.132 e. The molecule has 13 heavy (non-hydrogen) atoms. The molecule has 0 spiro atoms. The second-order valence-electron chi connectivity index (χ2n) is 3.52. The summed E-state index contributed by atoms with van der Waals surface area (Å²) in [5.41, 5.74) is 0. The van der Waals surface area contributed by atoms with Gasteiger partial charge in [-0.25, -0.2) is 9.97 Å². The lowest BCUT2D eigenvalue weighted by Gasteiger charge is -2.17. The van der Waals surface area contributed by atoms with Gasteiger partial charge in [0.2, 0.25) is 0 Å². The Bertz CT molecular complexity index is 299. The highest BCUT2D eigenvalue weighted by atomic mass is 79.9. The molecule has 1 aromatic rings. The summed E-state index contributed by atoms with van der Waals surface area (Å²) in [6.07, 6.45) is 4.33. The van der Waals surface area contributed by atoms with Gasteiger partial charge >= 0.3 is 0 Å². The lowest BCUT2D eigenvalue weighted by molar-refractivity contribution is 0.775. The van der Waals surface area contributed by atoms with Gasteiger partial charge in [-0.1, -0.05) is 0 Å². The molecule has 0 aromatic carbocycles. The second-order valence-corrected chi connectivity index (χ2v) is 4.34. The van der Waals surface area contributed by atoms with Crippen molar-refractivity contribution in [2.24, 2.45) is 5.92 Å². The summed E-state index contributed by atoms with van der Waals surface area (Å²) < 4.78 is 0.847. The molecule has 1 heterocycles. The van der Waals surface area contributed by atoms with Crippen molar-refractivity contribution in [2.75, 3.05) is 18.5 Å². The maximum absolute atomic E-state index is 4.21. The van der Waals surface area contributed by atoms with E-state index in [2.05, 4.69) is 37.8 Å². The van der Waals surface area contributed by atoms with Gasteiger partial charge in [-0.2, -0.15) is 0 Å². The van der Waals surface area contributed by atoms with Crippen molar-refractivity contribution >= 4 is 21.7 Å². The van der Waals surface area contributed by atoms with Crippen molar-refractivity contribution in [3.05, 3.63) is 17.0 Å². The zero-order chi connectivity index (χ0) is 9.26. The van der Waals surface area contributed by atoms with Crippen molar-refractivity contribution < 1.29 is 0 Å². The number of hydrogen-bond donors (Lipinski definition) is 0. The second kappa shape index (κ2) is 3.62. The van der Waals surface area contributed by atoms with Gasteiger partial charge in [0.05, 0.1) is 0 Å². The van der Waals surface area contributed by atoms with Gasteiger partial charge in [-0.15, -0.1) is 0 Å². The fourth-order valence-electron chi connectivity index (χ4n) is 1.31. The topological polar surface area (TPSA) is 29.0 Å². The van der Waals surface area contributed by atoms with E-state index in [4.69, 9.17) is 0 Å². The molecular formula is C9H12BrN3. The fraction of sp³-hybridized carbons (Fsp3) is 0.556. The molecule has 3 nitrogen and oxygen atoms in total. The van der Waals surface area contributed by atoms with Crippen LogP contribution >= 0.6 is 15.9 Å². The Kier molecular flexibility index (Phi) is 2.49. The standard InChI is InChI=1S/C9H12BrN3/c1-13(5-7-2-3-7)9-4-8(10)11-6-12-9/h4,6-7H,2-3,5H2,1H3. The van der Waals surface area contributed by atoms with Gasteiger partial charge in [0.15, 0.2) is 0 Å². The molecule has 0 N–H and O–H groups in total. The van der Waals surface area contributed by atoms with Gasteiger partial charge in [0, 0.05) is 19.7 Å². The average molecular weight is 242 g/mol. The van der Waals surface area contributed by atoms with Crippen molar-refractivity contribution in [1.82, 2.24) is 9.97 Å². The minimum atomic E-state index is 0.847. The summed E-state index contributed by atoms with van der Waals surface area (Å²) in [4.78, 5) is 10.4. The molecule has 0 unspecified atom stereocenters. The quantitative estimate of drug-likeness (QED) is 0.760.